The average Bonchev–Trinajstić information content (AvgIpc) is 2.61. The number of phenolic OH excluding ortho intramolecular Hbond substituents is 1. The van der Waals surface area contributed by atoms with Crippen LogP contribution in [0.15, 0.2) is 18.2 Å². The van der Waals surface area contributed by atoms with E-state index in [1.807, 2.05) is 4.90 Å². The third-order valence-electron chi connectivity index (χ3n) is 5.07. The Bertz CT molecular complexity index is 631. The third-order valence-corrected chi connectivity index (χ3v) is 5.30. The van der Waals surface area contributed by atoms with E-state index in [1.54, 1.807) is 0 Å². The second kappa shape index (κ2) is 7.43. The van der Waals surface area contributed by atoms with Crippen LogP contribution < -0.4 is 0 Å². The highest BCUT2D eigenvalue weighted by molar-refractivity contribution is 6.31. The number of carbonyl (C=O) groups excluding carboxylic acids is 2. The first-order valence-electron chi connectivity index (χ1n) is 8.51. The largest absolute Gasteiger partial charge is 0.507 e. The number of benzene rings is 1. The summed E-state index contributed by atoms with van der Waals surface area (Å²) >= 11 is 5.83. The fraction of sp³-hybridized carbons (Fsp3) is 0.556. The van der Waals surface area contributed by atoms with Gasteiger partial charge in [-0.1, -0.05) is 24.4 Å². The summed E-state index contributed by atoms with van der Waals surface area (Å²) in [6.45, 7) is 0.438. The molecule has 2 atom stereocenters. The third kappa shape index (κ3) is 3.66. The van der Waals surface area contributed by atoms with E-state index in [4.69, 9.17) is 16.3 Å². The predicted molar refractivity (Wildman–Crippen MR) is 90.1 cm³/mol. The van der Waals surface area contributed by atoms with Crippen molar-refractivity contribution in [2.24, 2.45) is 5.92 Å². The number of ether oxygens (including phenoxy) is 1. The highest BCUT2D eigenvalue weighted by Gasteiger charge is 2.35. The molecule has 130 valence electrons. The molecule has 1 aliphatic carbocycles. The number of hydrogen-bond donors (Lipinski definition) is 1. The van der Waals surface area contributed by atoms with Crippen molar-refractivity contribution in [1.29, 1.82) is 0 Å². The lowest BCUT2D eigenvalue weighted by atomic mass is 9.78. The summed E-state index contributed by atoms with van der Waals surface area (Å²) in [5, 5.41) is 10.0. The number of nitrogens with zero attached hydrogens (tertiary/aromatic N) is 1. The minimum absolute atomic E-state index is 0.0236. The van der Waals surface area contributed by atoms with E-state index < -0.39 is 5.97 Å². The number of likely N-dealkylation sites (tertiary alicyclic amines) is 1. The quantitative estimate of drug-likeness (QED) is 0.848. The highest BCUT2D eigenvalue weighted by Crippen LogP contribution is 2.35. The molecular formula is C18H22ClNO4. The molecule has 0 spiro atoms. The molecule has 1 aromatic rings. The Morgan fingerprint density at radius 2 is 1.96 bits per heavy atom. The molecule has 0 aromatic heterocycles. The van der Waals surface area contributed by atoms with Crippen LogP contribution >= 0.6 is 11.6 Å². The summed E-state index contributed by atoms with van der Waals surface area (Å²) in [5.41, 5.74) is -0.0236. The van der Waals surface area contributed by atoms with E-state index in [2.05, 4.69) is 0 Å². The zero-order valence-electron chi connectivity index (χ0n) is 13.5. The normalized spacial score (nSPS) is 23.5. The van der Waals surface area contributed by atoms with Crippen molar-refractivity contribution in [3.8, 4) is 5.75 Å². The maximum Gasteiger partial charge on any atom is 0.342 e. The van der Waals surface area contributed by atoms with E-state index >= 15 is 0 Å². The van der Waals surface area contributed by atoms with Crippen LogP contribution in [0.2, 0.25) is 5.02 Å². The minimum Gasteiger partial charge on any atom is -0.507 e. The van der Waals surface area contributed by atoms with Gasteiger partial charge in [-0.15, -0.1) is 0 Å². The lowest BCUT2D eigenvalue weighted by Gasteiger charge is -2.44. The number of aromatic hydroxyl groups is 1. The number of amides is 1. The first-order valence-corrected chi connectivity index (χ1v) is 8.89. The van der Waals surface area contributed by atoms with Gasteiger partial charge in [-0.3, -0.25) is 4.79 Å². The Balaban J connectivity index is 1.60. The average molecular weight is 352 g/mol. The Labute approximate surface area is 146 Å². The van der Waals surface area contributed by atoms with Gasteiger partial charge in [-0.05, 0) is 49.8 Å². The molecule has 1 saturated carbocycles. The van der Waals surface area contributed by atoms with E-state index in [1.165, 1.54) is 37.5 Å². The van der Waals surface area contributed by atoms with Gasteiger partial charge >= 0.3 is 5.97 Å². The molecular weight excluding hydrogens is 330 g/mol. The van der Waals surface area contributed by atoms with E-state index in [9.17, 15) is 14.7 Å². The van der Waals surface area contributed by atoms with Crippen molar-refractivity contribution >= 4 is 23.5 Å². The maximum absolute atomic E-state index is 12.5. The van der Waals surface area contributed by atoms with Crippen LogP contribution in [0.4, 0.5) is 0 Å². The molecule has 1 saturated heterocycles. The Morgan fingerprint density at radius 3 is 2.79 bits per heavy atom. The number of esters is 1. The highest BCUT2D eigenvalue weighted by atomic mass is 35.5. The smallest absolute Gasteiger partial charge is 0.342 e. The van der Waals surface area contributed by atoms with Crippen LogP contribution in [-0.4, -0.2) is 41.1 Å². The molecule has 1 N–H and O–H groups in total. The molecule has 2 aliphatic rings. The summed E-state index contributed by atoms with van der Waals surface area (Å²) in [7, 11) is 0. The molecule has 0 bridgehead atoms. The molecule has 0 radical (unpaired) electrons. The number of carbonyl (C=O) groups is 2. The Morgan fingerprint density at radius 1 is 1.21 bits per heavy atom. The first kappa shape index (κ1) is 17.1. The van der Waals surface area contributed by atoms with Crippen molar-refractivity contribution in [1.82, 2.24) is 4.90 Å². The second-order valence-corrected chi connectivity index (χ2v) is 7.02. The zero-order chi connectivity index (χ0) is 17.1. The van der Waals surface area contributed by atoms with Crippen LogP contribution in [0.25, 0.3) is 0 Å². The molecule has 2 fully saturated rings. The lowest BCUT2D eigenvalue weighted by Crippen LogP contribution is -2.50. The van der Waals surface area contributed by atoms with Gasteiger partial charge in [0.15, 0.2) is 6.61 Å². The van der Waals surface area contributed by atoms with Gasteiger partial charge in [-0.2, -0.15) is 0 Å². The van der Waals surface area contributed by atoms with Gasteiger partial charge in [-0.25, -0.2) is 4.79 Å². The van der Waals surface area contributed by atoms with Crippen molar-refractivity contribution in [3.63, 3.8) is 0 Å². The number of fused-ring (bicyclic) bond motifs is 1. The first-order chi connectivity index (χ1) is 11.6. The second-order valence-electron chi connectivity index (χ2n) is 6.58. The predicted octanol–water partition coefficient (Wildman–Crippen LogP) is 3.38. The van der Waals surface area contributed by atoms with Crippen molar-refractivity contribution < 1.29 is 19.4 Å². The van der Waals surface area contributed by atoms with Crippen molar-refractivity contribution in [3.05, 3.63) is 28.8 Å². The number of phenols is 1. The Kier molecular flexibility index (Phi) is 5.29. The number of hydrogen-bond acceptors (Lipinski definition) is 4. The van der Waals surface area contributed by atoms with Crippen molar-refractivity contribution in [2.45, 2.75) is 44.6 Å². The molecule has 1 aliphatic heterocycles. The molecule has 5 nitrogen and oxygen atoms in total. The lowest BCUT2D eigenvalue weighted by molar-refractivity contribution is -0.140. The summed E-state index contributed by atoms with van der Waals surface area (Å²) < 4.78 is 5.11. The van der Waals surface area contributed by atoms with Crippen LogP contribution in [0.1, 0.15) is 48.9 Å². The molecule has 0 unspecified atom stereocenters. The molecule has 24 heavy (non-hydrogen) atoms. The minimum atomic E-state index is -0.736. The van der Waals surface area contributed by atoms with Crippen LogP contribution in [0.3, 0.4) is 0 Å². The summed E-state index contributed by atoms with van der Waals surface area (Å²) in [4.78, 5) is 26.5. The van der Waals surface area contributed by atoms with Gasteiger partial charge in [0.05, 0.1) is 0 Å². The summed E-state index contributed by atoms with van der Waals surface area (Å²) in [6, 6.07) is 4.44. The zero-order valence-corrected chi connectivity index (χ0v) is 14.3. The van der Waals surface area contributed by atoms with Crippen LogP contribution in [0.5, 0.6) is 5.75 Å². The fourth-order valence-electron chi connectivity index (χ4n) is 3.89. The maximum atomic E-state index is 12.5. The number of rotatable bonds is 3. The fourth-order valence-corrected chi connectivity index (χ4v) is 4.07. The molecule has 1 aromatic carbocycles. The standard InChI is InChI=1S/C18H22ClNO4/c19-13-7-8-16(21)14(10-13)18(23)24-11-17(22)20-9-3-5-12-4-1-2-6-15(12)20/h7-8,10,12,15,21H,1-6,9,11H2/t12-,15+/m1/s1. The van der Waals surface area contributed by atoms with Crippen LogP contribution in [-0.2, 0) is 9.53 Å². The van der Waals surface area contributed by atoms with Crippen LogP contribution in [0, 0.1) is 5.92 Å². The molecule has 1 amide bonds. The van der Waals surface area contributed by atoms with E-state index in [0.29, 0.717) is 17.0 Å². The molecule has 6 heteroatoms. The van der Waals surface area contributed by atoms with Crippen molar-refractivity contribution in [2.75, 3.05) is 13.2 Å². The van der Waals surface area contributed by atoms with Gasteiger partial charge in [0.1, 0.15) is 11.3 Å². The van der Waals surface area contributed by atoms with Gasteiger partial charge in [0, 0.05) is 17.6 Å². The monoisotopic (exact) mass is 351 g/mol. The summed E-state index contributed by atoms with van der Waals surface area (Å²) in [6.07, 6.45) is 6.82. The number of halogens is 1. The van der Waals surface area contributed by atoms with E-state index in [0.717, 1.165) is 25.8 Å². The SMILES string of the molecule is O=C(OCC(=O)N1CCC[C@H]2CCCC[C@@H]21)c1cc(Cl)ccc1O. The van der Waals surface area contributed by atoms with Gasteiger partial charge in [0.25, 0.3) is 5.91 Å². The molecule has 3 rings (SSSR count). The Hall–Kier alpha value is -1.75. The summed E-state index contributed by atoms with van der Waals surface area (Å²) in [5.74, 6) is -0.506. The van der Waals surface area contributed by atoms with E-state index in [-0.39, 0.29) is 23.8 Å². The topological polar surface area (TPSA) is 66.8 Å². The molecule has 1 heterocycles. The van der Waals surface area contributed by atoms with Gasteiger partial charge in [0.2, 0.25) is 0 Å². The van der Waals surface area contributed by atoms with Gasteiger partial charge < -0.3 is 14.7 Å². The number of piperidine rings is 1.